The minimum absolute atomic E-state index is 0.423. The fourth-order valence-corrected chi connectivity index (χ4v) is 0.906. The molecule has 0 fully saturated rings. The summed E-state index contributed by atoms with van der Waals surface area (Å²) in [4.78, 5) is 0. The van der Waals surface area contributed by atoms with Crippen LogP contribution in [0.3, 0.4) is 0 Å². The number of benzene rings is 1. The van der Waals surface area contributed by atoms with Gasteiger partial charge in [-0.25, -0.2) is 0 Å². The Morgan fingerprint density at radius 3 is 2.27 bits per heavy atom. The fourth-order valence-electron chi connectivity index (χ4n) is 0.784. The molecule has 0 spiro atoms. The van der Waals surface area contributed by atoms with E-state index in [1.807, 2.05) is 12.1 Å². The Hall–Kier alpha value is -0.960. The third kappa shape index (κ3) is 1.98. The van der Waals surface area contributed by atoms with E-state index in [9.17, 15) is 5.21 Å². The van der Waals surface area contributed by atoms with E-state index in [4.69, 9.17) is 0 Å². The lowest BCUT2D eigenvalue weighted by molar-refractivity contribution is -0.325. The third-order valence-corrected chi connectivity index (χ3v) is 1.65. The first-order valence-electron chi connectivity index (χ1n) is 3.26. The summed E-state index contributed by atoms with van der Waals surface area (Å²) >= 11 is 4.39. The lowest BCUT2D eigenvalue weighted by Crippen LogP contribution is -1.87. The highest BCUT2D eigenvalue weighted by atomic mass is 32.1. The Balaban J connectivity index is 2.91. The Morgan fingerprint density at radius 1 is 1.36 bits per heavy atom. The zero-order chi connectivity index (χ0) is 8.27. The number of nitrogens with zero attached hydrogens (tertiary/aromatic N) is 1. The molecule has 0 atom stereocenters. The molecule has 1 aromatic rings. The smallest absolute Gasteiger partial charge is 0.284 e. The summed E-state index contributed by atoms with van der Waals surface area (Å²) in [6.07, 6.45) is 0.733. The van der Waals surface area contributed by atoms with Gasteiger partial charge in [-0.3, -0.25) is 0 Å². The maximum absolute atomic E-state index is 10.6. The largest absolute Gasteiger partial charge is 0.605 e. The van der Waals surface area contributed by atoms with Crippen molar-refractivity contribution in [3.63, 3.8) is 0 Å². The zero-order valence-corrected chi connectivity index (χ0v) is 6.80. The van der Waals surface area contributed by atoms with E-state index in [0.717, 1.165) is 12.0 Å². The zero-order valence-electron chi connectivity index (χ0n) is 5.99. The van der Waals surface area contributed by atoms with E-state index < -0.39 is 0 Å². The quantitative estimate of drug-likeness (QED) is 0.495. The van der Waals surface area contributed by atoms with Crippen LogP contribution in [0.25, 0.3) is 0 Å². The van der Waals surface area contributed by atoms with Crippen LogP contribution in [0.4, 0.5) is 5.69 Å². The summed E-state index contributed by atoms with van der Waals surface area (Å²) in [5.74, 6) is 0. The van der Waals surface area contributed by atoms with E-state index in [1.54, 1.807) is 12.1 Å². The molecule has 0 amide bonds. The predicted octanol–water partition coefficient (Wildman–Crippen LogP) is 1.94. The molecule has 0 saturated carbocycles. The van der Waals surface area contributed by atoms with Crippen molar-refractivity contribution in [2.45, 2.75) is 6.42 Å². The Labute approximate surface area is 71.2 Å². The van der Waals surface area contributed by atoms with Crippen LogP contribution in [0, 0.1) is 12.1 Å². The molecule has 3 heteroatoms. The SMILES string of the molecule is [CH2]Cc1ccc([N+]([O-])=S)cc1. The van der Waals surface area contributed by atoms with Crippen LogP contribution >= 0.6 is 0 Å². The molecule has 0 N–H and O–H groups in total. The summed E-state index contributed by atoms with van der Waals surface area (Å²) in [7, 11) is 0. The first-order valence-corrected chi connectivity index (χ1v) is 3.63. The van der Waals surface area contributed by atoms with Crippen molar-refractivity contribution in [2.75, 3.05) is 0 Å². The molecular formula is C8H8NOS. The second-order valence-electron chi connectivity index (χ2n) is 2.17. The van der Waals surface area contributed by atoms with Crippen molar-refractivity contribution in [1.29, 1.82) is 0 Å². The van der Waals surface area contributed by atoms with Gasteiger partial charge in [-0.15, -0.1) is 0 Å². The van der Waals surface area contributed by atoms with E-state index >= 15 is 0 Å². The monoisotopic (exact) mass is 166 g/mol. The maximum Gasteiger partial charge on any atom is 0.284 e. The molecule has 0 aromatic heterocycles. The van der Waals surface area contributed by atoms with Gasteiger partial charge in [0.2, 0.25) is 5.69 Å². The predicted molar refractivity (Wildman–Crippen MR) is 46.2 cm³/mol. The summed E-state index contributed by atoms with van der Waals surface area (Å²) in [5, 5.41) is 10.6. The van der Waals surface area contributed by atoms with Crippen molar-refractivity contribution in [2.24, 2.45) is 0 Å². The molecular weight excluding hydrogens is 158 g/mol. The molecule has 0 heterocycles. The second kappa shape index (κ2) is 3.44. The van der Waals surface area contributed by atoms with Gasteiger partial charge in [0.05, 0.1) is 0 Å². The van der Waals surface area contributed by atoms with Crippen LogP contribution in [0.5, 0.6) is 0 Å². The summed E-state index contributed by atoms with van der Waals surface area (Å²) in [5.41, 5.74) is 1.60. The molecule has 2 nitrogen and oxygen atoms in total. The minimum Gasteiger partial charge on any atom is -0.605 e. The average molecular weight is 166 g/mol. The van der Waals surface area contributed by atoms with Gasteiger partial charge in [-0.2, -0.15) is 0 Å². The van der Waals surface area contributed by atoms with Crippen molar-refractivity contribution in [1.82, 2.24) is 0 Å². The summed E-state index contributed by atoms with van der Waals surface area (Å²) in [6.45, 7) is 3.71. The first kappa shape index (κ1) is 8.14. The molecule has 1 rings (SSSR count). The number of hydrogen-bond donors (Lipinski definition) is 0. The third-order valence-electron chi connectivity index (χ3n) is 1.44. The molecule has 0 bridgehead atoms. The highest BCUT2D eigenvalue weighted by molar-refractivity contribution is 7.44. The molecule has 1 radical (unpaired) electrons. The Bertz CT molecular complexity index is 255. The average Bonchev–Trinajstić information content (AvgIpc) is 2.05. The molecule has 0 aliphatic heterocycles. The van der Waals surface area contributed by atoms with Gasteiger partial charge >= 0.3 is 0 Å². The van der Waals surface area contributed by atoms with Gasteiger partial charge in [0.15, 0.2) is 0 Å². The molecule has 1 aromatic carbocycles. The van der Waals surface area contributed by atoms with Crippen molar-refractivity contribution in [3.05, 3.63) is 42.0 Å². The fraction of sp³-hybridized carbons (Fsp3) is 0.125. The summed E-state index contributed by atoms with van der Waals surface area (Å²) < 4.78 is 0.423. The molecule has 0 aliphatic rings. The van der Waals surface area contributed by atoms with Crippen molar-refractivity contribution >= 4 is 18.1 Å². The van der Waals surface area contributed by atoms with E-state index in [-0.39, 0.29) is 0 Å². The van der Waals surface area contributed by atoms with Crippen LogP contribution in [0.2, 0.25) is 0 Å². The highest BCUT2D eigenvalue weighted by Crippen LogP contribution is 2.11. The molecule has 0 unspecified atom stereocenters. The second-order valence-corrected chi connectivity index (χ2v) is 2.51. The van der Waals surface area contributed by atoms with Crippen molar-refractivity contribution in [3.8, 4) is 0 Å². The van der Waals surface area contributed by atoms with Gasteiger partial charge in [0.1, 0.15) is 0 Å². The molecule has 11 heavy (non-hydrogen) atoms. The van der Waals surface area contributed by atoms with Gasteiger partial charge in [0, 0.05) is 12.1 Å². The van der Waals surface area contributed by atoms with Gasteiger partial charge in [-0.1, -0.05) is 16.2 Å². The molecule has 0 saturated heterocycles. The Kier molecular flexibility index (Phi) is 2.54. The standard InChI is InChI=1S/C8H8NOS/c1-2-7-3-5-8(6-4-7)9(10)11/h3-6H,1-2H2. The lowest BCUT2D eigenvalue weighted by atomic mass is 10.2. The number of hydrogen-bond acceptors (Lipinski definition) is 2. The Morgan fingerprint density at radius 2 is 1.91 bits per heavy atom. The van der Waals surface area contributed by atoms with Gasteiger partial charge < -0.3 is 5.21 Å². The van der Waals surface area contributed by atoms with E-state index in [0.29, 0.717) is 9.80 Å². The first-order chi connectivity index (χ1) is 5.24. The van der Waals surface area contributed by atoms with E-state index in [1.165, 1.54) is 0 Å². The topological polar surface area (TPSA) is 26.1 Å². The molecule has 0 aliphatic carbocycles. The lowest BCUT2D eigenvalue weighted by Gasteiger charge is -1.97. The van der Waals surface area contributed by atoms with Crippen molar-refractivity contribution < 1.29 is 4.11 Å². The van der Waals surface area contributed by atoms with Crippen LogP contribution in [-0.2, 0) is 18.8 Å². The van der Waals surface area contributed by atoms with Crippen LogP contribution in [0.1, 0.15) is 5.56 Å². The van der Waals surface area contributed by atoms with Crippen LogP contribution in [-0.4, -0.2) is 4.11 Å². The maximum atomic E-state index is 10.6. The normalized spacial score (nSPS) is 9.55. The number of rotatable bonds is 2. The van der Waals surface area contributed by atoms with E-state index in [2.05, 4.69) is 19.3 Å². The minimum atomic E-state index is 0.423. The highest BCUT2D eigenvalue weighted by Gasteiger charge is 1.98. The molecule has 57 valence electrons. The van der Waals surface area contributed by atoms with Crippen LogP contribution < -0.4 is 0 Å². The van der Waals surface area contributed by atoms with Gasteiger partial charge in [-0.05, 0) is 18.9 Å². The summed E-state index contributed by atoms with van der Waals surface area (Å²) in [6, 6.07) is 7.08. The van der Waals surface area contributed by atoms with Gasteiger partial charge in [0.25, 0.3) is 12.4 Å². The van der Waals surface area contributed by atoms with Crippen LogP contribution in [0.15, 0.2) is 24.3 Å².